The van der Waals surface area contributed by atoms with Gasteiger partial charge in [-0.3, -0.25) is 4.79 Å². The number of rotatable bonds is 3. The SMILES string of the molecule is CCCCC1=C2C(=O)C[C@H]3COC[C@@H](OC1=O)[C@@H]23. The fraction of sp³-hybridized carbons (Fsp3) is 0.714. The maximum absolute atomic E-state index is 12.1. The van der Waals surface area contributed by atoms with Crippen LogP contribution in [0, 0.1) is 11.8 Å². The first kappa shape index (κ1) is 11.9. The van der Waals surface area contributed by atoms with Crippen LogP contribution in [-0.4, -0.2) is 31.1 Å². The Hall–Kier alpha value is -1.16. The van der Waals surface area contributed by atoms with E-state index in [1.807, 2.05) is 0 Å². The van der Waals surface area contributed by atoms with Gasteiger partial charge in [-0.1, -0.05) is 13.3 Å². The maximum atomic E-state index is 12.1. The van der Waals surface area contributed by atoms with Gasteiger partial charge < -0.3 is 9.47 Å². The molecule has 0 aromatic heterocycles. The Labute approximate surface area is 106 Å². The number of hydrogen-bond acceptors (Lipinski definition) is 4. The summed E-state index contributed by atoms with van der Waals surface area (Å²) in [5.74, 6) is 0.175. The number of Topliss-reactive ketones (excluding diaryl/α,β-unsaturated/α-hetero) is 1. The van der Waals surface area contributed by atoms with Crippen molar-refractivity contribution >= 4 is 11.8 Å². The van der Waals surface area contributed by atoms with E-state index < -0.39 is 0 Å². The molecule has 3 aliphatic rings. The lowest BCUT2D eigenvalue weighted by Crippen LogP contribution is -2.44. The lowest BCUT2D eigenvalue weighted by molar-refractivity contribution is -0.160. The van der Waals surface area contributed by atoms with Gasteiger partial charge in [0.1, 0.15) is 6.10 Å². The molecule has 0 unspecified atom stereocenters. The molecule has 4 heteroatoms. The van der Waals surface area contributed by atoms with E-state index in [1.165, 1.54) is 0 Å². The van der Waals surface area contributed by atoms with Crippen molar-refractivity contribution in [1.29, 1.82) is 0 Å². The third kappa shape index (κ3) is 1.70. The van der Waals surface area contributed by atoms with Crippen LogP contribution in [0.5, 0.6) is 0 Å². The van der Waals surface area contributed by atoms with Crippen LogP contribution < -0.4 is 0 Å². The summed E-state index contributed by atoms with van der Waals surface area (Å²) in [6.07, 6.45) is 2.90. The highest BCUT2D eigenvalue weighted by atomic mass is 16.6. The number of esters is 1. The second kappa shape index (κ2) is 4.50. The van der Waals surface area contributed by atoms with Crippen LogP contribution in [0.1, 0.15) is 32.6 Å². The molecule has 2 aliphatic heterocycles. The highest BCUT2D eigenvalue weighted by Crippen LogP contribution is 2.45. The summed E-state index contributed by atoms with van der Waals surface area (Å²) in [6, 6.07) is 0. The second-order valence-electron chi connectivity index (χ2n) is 5.39. The van der Waals surface area contributed by atoms with Gasteiger partial charge in [-0.25, -0.2) is 4.79 Å². The minimum absolute atomic E-state index is 0.107. The summed E-state index contributed by atoms with van der Waals surface area (Å²) in [7, 11) is 0. The predicted molar refractivity (Wildman–Crippen MR) is 63.9 cm³/mol. The van der Waals surface area contributed by atoms with Crippen LogP contribution in [0.15, 0.2) is 11.1 Å². The molecule has 98 valence electrons. The van der Waals surface area contributed by atoms with Gasteiger partial charge in [-0.15, -0.1) is 0 Å². The maximum Gasteiger partial charge on any atom is 0.334 e. The molecule has 1 saturated carbocycles. The van der Waals surface area contributed by atoms with E-state index in [2.05, 4.69) is 6.92 Å². The van der Waals surface area contributed by atoms with Gasteiger partial charge in [0, 0.05) is 29.4 Å². The average molecular weight is 250 g/mol. The van der Waals surface area contributed by atoms with Crippen LogP contribution in [-0.2, 0) is 19.1 Å². The second-order valence-corrected chi connectivity index (χ2v) is 5.39. The Bertz CT molecular complexity index is 424. The van der Waals surface area contributed by atoms with E-state index in [9.17, 15) is 9.59 Å². The molecule has 0 bridgehead atoms. The molecule has 0 N–H and O–H groups in total. The molecule has 3 atom stereocenters. The average Bonchev–Trinajstić information content (AvgIpc) is 2.68. The molecular formula is C14H18O4. The van der Waals surface area contributed by atoms with Crippen molar-refractivity contribution < 1.29 is 19.1 Å². The molecule has 0 amide bonds. The number of unbranched alkanes of at least 4 members (excludes halogenated alkanes) is 1. The Morgan fingerprint density at radius 1 is 1.28 bits per heavy atom. The van der Waals surface area contributed by atoms with Crippen LogP contribution in [0.3, 0.4) is 0 Å². The highest BCUT2D eigenvalue weighted by molar-refractivity contribution is 6.07. The predicted octanol–water partition coefficient (Wildman–Crippen LogP) is 1.63. The molecule has 2 fully saturated rings. The molecular weight excluding hydrogens is 232 g/mol. The minimum Gasteiger partial charge on any atom is -0.456 e. The molecule has 0 aromatic rings. The molecule has 4 nitrogen and oxygen atoms in total. The number of ketones is 1. The molecule has 0 aromatic carbocycles. The van der Waals surface area contributed by atoms with E-state index in [0.29, 0.717) is 31.6 Å². The standard InChI is InChI=1S/C14H18O4/c1-2-3-4-9-13-10(15)5-8-6-17-7-11(12(8)13)18-14(9)16/h8,11-12H,2-7H2,1H3/t8-,11+,12-/m0/s1. The van der Waals surface area contributed by atoms with Gasteiger partial charge in [0.05, 0.1) is 13.2 Å². The van der Waals surface area contributed by atoms with Crippen LogP contribution in [0.25, 0.3) is 0 Å². The van der Waals surface area contributed by atoms with E-state index in [4.69, 9.17) is 9.47 Å². The van der Waals surface area contributed by atoms with Crippen molar-refractivity contribution in [3.63, 3.8) is 0 Å². The molecule has 3 rings (SSSR count). The first-order chi connectivity index (χ1) is 8.72. The fourth-order valence-electron chi connectivity index (χ4n) is 3.37. The summed E-state index contributed by atoms with van der Waals surface area (Å²) in [6.45, 7) is 3.13. The lowest BCUT2D eigenvalue weighted by Gasteiger charge is -2.37. The number of carbonyl (C=O) groups excluding carboxylic acids is 2. The molecule has 0 spiro atoms. The first-order valence-corrected chi connectivity index (χ1v) is 6.77. The van der Waals surface area contributed by atoms with Gasteiger partial charge in [-0.2, -0.15) is 0 Å². The summed E-state index contributed by atoms with van der Waals surface area (Å²) in [5, 5.41) is 0. The van der Waals surface area contributed by atoms with E-state index >= 15 is 0 Å². The Morgan fingerprint density at radius 2 is 2.11 bits per heavy atom. The fourth-order valence-corrected chi connectivity index (χ4v) is 3.37. The smallest absolute Gasteiger partial charge is 0.334 e. The van der Waals surface area contributed by atoms with Crippen molar-refractivity contribution in [3.05, 3.63) is 11.1 Å². The van der Waals surface area contributed by atoms with Crippen molar-refractivity contribution in [1.82, 2.24) is 0 Å². The van der Waals surface area contributed by atoms with E-state index in [1.54, 1.807) is 0 Å². The van der Waals surface area contributed by atoms with Crippen molar-refractivity contribution in [2.75, 3.05) is 13.2 Å². The Balaban J connectivity index is 1.99. The van der Waals surface area contributed by atoms with Gasteiger partial charge in [0.15, 0.2) is 5.78 Å². The summed E-state index contributed by atoms with van der Waals surface area (Å²) < 4.78 is 10.9. The van der Waals surface area contributed by atoms with Crippen LogP contribution >= 0.6 is 0 Å². The Kier molecular flexibility index (Phi) is 2.98. The van der Waals surface area contributed by atoms with Gasteiger partial charge in [0.25, 0.3) is 0 Å². The number of ether oxygens (including phenoxy) is 2. The van der Waals surface area contributed by atoms with Gasteiger partial charge >= 0.3 is 5.97 Å². The summed E-state index contributed by atoms with van der Waals surface area (Å²) >= 11 is 0. The highest BCUT2D eigenvalue weighted by Gasteiger charge is 2.51. The van der Waals surface area contributed by atoms with Crippen molar-refractivity contribution in [2.24, 2.45) is 11.8 Å². The molecule has 0 radical (unpaired) electrons. The van der Waals surface area contributed by atoms with Crippen molar-refractivity contribution in [3.8, 4) is 0 Å². The minimum atomic E-state index is -0.292. The zero-order chi connectivity index (χ0) is 12.7. The lowest BCUT2D eigenvalue weighted by atomic mass is 9.82. The third-order valence-corrected chi connectivity index (χ3v) is 4.21. The molecule has 2 heterocycles. The van der Waals surface area contributed by atoms with Crippen molar-refractivity contribution in [2.45, 2.75) is 38.7 Å². The van der Waals surface area contributed by atoms with Crippen LogP contribution in [0.4, 0.5) is 0 Å². The molecule has 18 heavy (non-hydrogen) atoms. The molecule has 1 saturated heterocycles. The summed E-state index contributed by atoms with van der Waals surface area (Å²) in [4.78, 5) is 24.1. The van der Waals surface area contributed by atoms with E-state index in [-0.39, 0.29) is 29.7 Å². The Morgan fingerprint density at radius 3 is 2.89 bits per heavy atom. The number of hydrogen-bond donors (Lipinski definition) is 0. The normalized spacial score (nSPS) is 34.6. The van der Waals surface area contributed by atoms with Crippen LogP contribution in [0.2, 0.25) is 0 Å². The monoisotopic (exact) mass is 250 g/mol. The largest absolute Gasteiger partial charge is 0.456 e. The third-order valence-electron chi connectivity index (χ3n) is 4.21. The van der Waals surface area contributed by atoms with Gasteiger partial charge in [-0.05, 0) is 12.8 Å². The zero-order valence-corrected chi connectivity index (χ0v) is 10.6. The van der Waals surface area contributed by atoms with E-state index in [0.717, 1.165) is 18.4 Å². The molecule has 1 aliphatic carbocycles. The van der Waals surface area contributed by atoms with Gasteiger partial charge in [0.2, 0.25) is 0 Å². The first-order valence-electron chi connectivity index (χ1n) is 6.77. The quantitative estimate of drug-likeness (QED) is 0.714. The number of carbonyl (C=O) groups is 2. The summed E-state index contributed by atoms with van der Waals surface area (Å²) in [5.41, 5.74) is 1.42. The topological polar surface area (TPSA) is 52.6 Å². The zero-order valence-electron chi connectivity index (χ0n) is 10.6.